The number of hydrogen-bond donors (Lipinski definition) is 1. The summed E-state index contributed by atoms with van der Waals surface area (Å²) in [4.78, 5) is 9.61. The Bertz CT molecular complexity index is 1230. The minimum Gasteiger partial charge on any atom is -0.384 e. The second kappa shape index (κ2) is 6.05. The summed E-state index contributed by atoms with van der Waals surface area (Å²) in [6.45, 7) is 0. The molecule has 4 rings (SSSR count). The van der Waals surface area contributed by atoms with Gasteiger partial charge in [0.15, 0.2) is 10.4 Å². The Hall–Kier alpha value is -2.59. The first-order valence-corrected chi connectivity index (χ1v) is 8.75. The molecule has 2 aromatic carbocycles. The van der Waals surface area contributed by atoms with Crippen LogP contribution >= 0.6 is 34.5 Å². The highest BCUT2D eigenvalue weighted by Gasteiger charge is 2.14. The summed E-state index contributed by atoms with van der Waals surface area (Å²) in [5, 5.41) is 10.8. The van der Waals surface area contributed by atoms with E-state index in [9.17, 15) is 5.26 Å². The number of nitrogens with zero attached hydrogens (tertiary/aromatic N) is 4. The van der Waals surface area contributed by atoms with E-state index in [4.69, 9.17) is 28.9 Å². The van der Waals surface area contributed by atoms with Crippen molar-refractivity contribution in [1.29, 1.82) is 5.26 Å². The third-order valence-electron chi connectivity index (χ3n) is 3.65. The van der Waals surface area contributed by atoms with Gasteiger partial charge in [-0.05, 0) is 42.5 Å². The summed E-state index contributed by atoms with van der Waals surface area (Å²) in [6.07, 6.45) is 0. The number of benzene rings is 2. The molecule has 8 heteroatoms. The Morgan fingerprint density at radius 1 is 1.12 bits per heavy atom. The van der Waals surface area contributed by atoms with Crippen LogP contribution in [0.3, 0.4) is 0 Å². The smallest absolute Gasteiger partial charge is 0.198 e. The SMILES string of the molecule is N#Cc1c(N)n2c(nc1=Nc1ccc(Cl)cc1)sc1cc(Cl)ccc12. The first-order chi connectivity index (χ1) is 12.1. The van der Waals surface area contributed by atoms with Gasteiger partial charge >= 0.3 is 0 Å². The van der Waals surface area contributed by atoms with Gasteiger partial charge in [-0.2, -0.15) is 10.2 Å². The third-order valence-corrected chi connectivity index (χ3v) is 5.14. The van der Waals surface area contributed by atoms with E-state index < -0.39 is 0 Å². The van der Waals surface area contributed by atoms with E-state index in [0.29, 0.717) is 26.5 Å². The second-order valence-corrected chi connectivity index (χ2v) is 7.11. The number of thiazole rings is 1. The van der Waals surface area contributed by atoms with Gasteiger partial charge in [0, 0.05) is 10.0 Å². The van der Waals surface area contributed by atoms with Crippen molar-refractivity contribution < 1.29 is 0 Å². The number of aromatic nitrogens is 2. The van der Waals surface area contributed by atoms with Crippen LogP contribution in [-0.4, -0.2) is 9.38 Å². The molecule has 0 aliphatic rings. The maximum atomic E-state index is 9.55. The first kappa shape index (κ1) is 15.9. The van der Waals surface area contributed by atoms with Crippen molar-refractivity contribution in [1.82, 2.24) is 9.38 Å². The predicted molar refractivity (Wildman–Crippen MR) is 101 cm³/mol. The summed E-state index contributed by atoms with van der Waals surface area (Å²) >= 11 is 13.4. The first-order valence-electron chi connectivity index (χ1n) is 7.17. The van der Waals surface area contributed by atoms with Crippen LogP contribution in [0.1, 0.15) is 5.56 Å². The van der Waals surface area contributed by atoms with E-state index in [0.717, 1.165) is 10.2 Å². The summed E-state index contributed by atoms with van der Waals surface area (Å²) in [5.74, 6) is 0.300. The number of nitrogens with two attached hydrogens (primary N) is 1. The normalized spacial score (nSPS) is 12.0. The predicted octanol–water partition coefficient (Wildman–Crippen LogP) is 4.54. The molecule has 4 aromatic rings. The Morgan fingerprint density at radius 2 is 1.84 bits per heavy atom. The summed E-state index contributed by atoms with van der Waals surface area (Å²) in [7, 11) is 0. The molecule has 0 spiro atoms. The Kier molecular flexibility index (Phi) is 3.85. The van der Waals surface area contributed by atoms with Crippen molar-refractivity contribution in [3.05, 3.63) is 63.6 Å². The number of halogens is 2. The zero-order valence-corrected chi connectivity index (χ0v) is 14.9. The fraction of sp³-hybridized carbons (Fsp3) is 0. The quantitative estimate of drug-likeness (QED) is 0.522. The maximum Gasteiger partial charge on any atom is 0.198 e. The minimum atomic E-state index is 0.224. The minimum absolute atomic E-state index is 0.224. The van der Waals surface area contributed by atoms with Crippen LogP contribution in [0, 0.1) is 11.3 Å². The molecule has 0 amide bonds. The van der Waals surface area contributed by atoms with Gasteiger partial charge in [0.1, 0.15) is 17.5 Å². The number of nitrogen functional groups attached to an aromatic ring is 1. The molecule has 2 aromatic heterocycles. The Balaban J connectivity index is 2.07. The van der Waals surface area contributed by atoms with E-state index in [1.165, 1.54) is 11.3 Å². The molecule has 0 fully saturated rings. The molecule has 0 bridgehead atoms. The number of nitriles is 1. The van der Waals surface area contributed by atoms with Crippen LogP contribution in [0.15, 0.2) is 47.5 Å². The molecular weight excluding hydrogens is 377 g/mol. The third kappa shape index (κ3) is 2.72. The van der Waals surface area contributed by atoms with Crippen LogP contribution in [0.2, 0.25) is 10.0 Å². The van der Waals surface area contributed by atoms with Gasteiger partial charge in [0.2, 0.25) is 0 Å². The lowest BCUT2D eigenvalue weighted by atomic mass is 10.3. The second-order valence-electron chi connectivity index (χ2n) is 5.23. The van der Waals surface area contributed by atoms with Crippen molar-refractivity contribution in [3.8, 4) is 6.07 Å². The molecule has 25 heavy (non-hydrogen) atoms. The lowest BCUT2D eigenvalue weighted by molar-refractivity contribution is 1.09. The highest BCUT2D eigenvalue weighted by Crippen LogP contribution is 2.29. The van der Waals surface area contributed by atoms with Crippen LogP contribution in [0.25, 0.3) is 15.2 Å². The van der Waals surface area contributed by atoms with E-state index in [1.54, 1.807) is 34.7 Å². The lowest BCUT2D eigenvalue weighted by Gasteiger charge is -2.04. The van der Waals surface area contributed by atoms with Crippen molar-refractivity contribution in [2.75, 3.05) is 5.73 Å². The monoisotopic (exact) mass is 385 g/mol. The van der Waals surface area contributed by atoms with Crippen LogP contribution < -0.4 is 11.2 Å². The van der Waals surface area contributed by atoms with Crippen LogP contribution in [0.5, 0.6) is 0 Å². The Labute approximate surface area is 156 Å². The van der Waals surface area contributed by atoms with Crippen LogP contribution in [-0.2, 0) is 0 Å². The zero-order valence-electron chi connectivity index (χ0n) is 12.6. The molecule has 0 atom stereocenters. The molecule has 122 valence electrons. The molecule has 2 heterocycles. The fourth-order valence-corrected chi connectivity index (χ4v) is 3.94. The van der Waals surface area contributed by atoms with Gasteiger partial charge in [0.05, 0.1) is 15.9 Å². The molecule has 0 aliphatic heterocycles. The molecule has 0 saturated heterocycles. The molecule has 0 unspecified atom stereocenters. The molecule has 0 radical (unpaired) electrons. The number of hydrogen-bond acceptors (Lipinski definition) is 5. The van der Waals surface area contributed by atoms with E-state index in [-0.39, 0.29) is 11.1 Å². The lowest BCUT2D eigenvalue weighted by Crippen LogP contribution is -2.18. The largest absolute Gasteiger partial charge is 0.384 e. The van der Waals surface area contributed by atoms with Crippen LogP contribution in [0.4, 0.5) is 11.5 Å². The van der Waals surface area contributed by atoms with Gasteiger partial charge in [-0.25, -0.2) is 4.99 Å². The van der Waals surface area contributed by atoms with Gasteiger partial charge < -0.3 is 5.73 Å². The molecular formula is C17H9Cl2N5S. The molecule has 0 aliphatic carbocycles. The molecule has 0 saturated carbocycles. The van der Waals surface area contributed by atoms with Crippen molar-refractivity contribution in [2.24, 2.45) is 4.99 Å². The standard InChI is InChI=1S/C17H9Cl2N5S/c18-9-1-4-11(5-2-9)22-16-12(8-20)15(21)24-13-6-3-10(19)7-14(13)25-17(24)23-16/h1-7H,21H2. The maximum absolute atomic E-state index is 9.55. The van der Waals surface area contributed by atoms with Crippen molar-refractivity contribution in [3.63, 3.8) is 0 Å². The average Bonchev–Trinajstić information content (AvgIpc) is 2.94. The van der Waals surface area contributed by atoms with Crippen molar-refractivity contribution >= 4 is 61.2 Å². The number of fused-ring (bicyclic) bond motifs is 3. The van der Waals surface area contributed by atoms with Crippen molar-refractivity contribution in [2.45, 2.75) is 0 Å². The van der Waals surface area contributed by atoms with E-state index in [1.807, 2.05) is 12.1 Å². The Morgan fingerprint density at radius 3 is 2.56 bits per heavy atom. The van der Waals surface area contributed by atoms with Gasteiger partial charge in [-0.3, -0.25) is 4.40 Å². The fourth-order valence-electron chi connectivity index (χ4n) is 2.51. The number of anilines is 1. The number of rotatable bonds is 1. The average molecular weight is 386 g/mol. The molecule has 5 nitrogen and oxygen atoms in total. The molecule has 2 N–H and O–H groups in total. The van der Waals surface area contributed by atoms with E-state index in [2.05, 4.69) is 16.0 Å². The van der Waals surface area contributed by atoms with Gasteiger partial charge in [0.25, 0.3) is 0 Å². The summed E-state index contributed by atoms with van der Waals surface area (Å²) in [6, 6.07) is 14.5. The van der Waals surface area contributed by atoms with Gasteiger partial charge in [-0.1, -0.05) is 34.5 Å². The van der Waals surface area contributed by atoms with E-state index >= 15 is 0 Å². The highest BCUT2D eigenvalue weighted by atomic mass is 35.5. The summed E-state index contributed by atoms with van der Waals surface area (Å²) in [5.41, 5.74) is 8.24. The zero-order chi connectivity index (χ0) is 17.6. The topological polar surface area (TPSA) is 79.5 Å². The highest BCUT2D eigenvalue weighted by molar-refractivity contribution is 7.23. The summed E-state index contributed by atoms with van der Waals surface area (Å²) < 4.78 is 2.68. The van der Waals surface area contributed by atoms with Gasteiger partial charge in [-0.15, -0.1) is 0 Å².